The van der Waals surface area contributed by atoms with Gasteiger partial charge in [0.2, 0.25) is 0 Å². The van der Waals surface area contributed by atoms with Crippen molar-refractivity contribution in [1.29, 1.82) is 0 Å². The first kappa shape index (κ1) is 14.2. The standard InChI is InChI=1S/C13H26N4/c1-11(9-15-13(3,4)5)14-10-12(2)17-8-6-7-16-17/h6-8,11-12,14-15H,9-10H2,1-5H3. The van der Waals surface area contributed by atoms with Crippen LogP contribution in [0.5, 0.6) is 0 Å². The van der Waals surface area contributed by atoms with Gasteiger partial charge < -0.3 is 10.6 Å². The monoisotopic (exact) mass is 238 g/mol. The second kappa shape index (κ2) is 6.17. The third-order valence-corrected chi connectivity index (χ3v) is 2.68. The zero-order valence-electron chi connectivity index (χ0n) is 11.7. The van der Waals surface area contributed by atoms with Gasteiger partial charge in [0.15, 0.2) is 0 Å². The lowest BCUT2D eigenvalue weighted by Crippen LogP contribution is -2.45. The quantitative estimate of drug-likeness (QED) is 0.794. The summed E-state index contributed by atoms with van der Waals surface area (Å²) in [6.45, 7) is 12.9. The molecule has 4 nitrogen and oxygen atoms in total. The van der Waals surface area contributed by atoms with Crippen LogP contribution in [0.15, 0.2) is 18.5 Å². The van der Waals surface area contributed by atoms with Gasteiger partial charge in [0.1, 0.15) is 0 Å². The molecule has 17 heavy (non-hydrogen) atoms. The second-order valence-electron chi connectivity index (χ2n) is 5.78. The minimum atomic E-state index is 0.184. The molecule has 4 heteroatoms. The van der Waals surface area contributed by atoms with Crippen molar-refractivity contribution in [2.45, 2.75) is 52.2 Å². The van der Waals surface area contributed by atoms with Crippen molar-refractivity contribution in [2.24, 2.45) is 0 Å². The Morgan fingerprint density at radius 2 is 1.94 bits per heavy atom. The minimum Gasteiger partial charge on any atom is -0.311 e. The SMILES string of the molecule is CC(CNC(C)(C)C)NCC(C)n1cccn1. The van der Waals surface area contributed by atoms with Crippen LogP contribution in [0.25, 0.3) is 0 Å². The van der Waals surface area contributed by atoms with Crippen molar-refractivity contribution in [3.8, 4) is 0 Å². The predicted octanol–water partition coefficient (Wildman–Crippen LogP) is 1.81. The summed E-state index contributed by atoms with van der Waals surface area (Å²) < 4.78 is 1.98. The highest BCUT2D eigenvalue weighted by Gasteiger charge is 2.11. The molecular formula is C13H26N4. The van der Waals surface area contributed by atoms with Crippen molar-refractivity contribution in [3.63, 3.8) is 0 Å². The number of nitrogens with zero attached hydrogens (tertiary/aromatic N) is 2. The first-order chi connectivity index (χ1) is 7.88. The number of nitrogens with one attached hydrogen (secondary N) is 2. The summed E-state index contributed by atoms with van der Waals surface area (Å²) in [7, 11) is 0. The normalized spacial score (nSPS) is 15.8. The Balaban J connectivity index is 2.22. The van der Waals surface area contributed by atoms with Crippen LogP contribution in [0.2, 0.25) is 0 Å². The third-order valence-electron chi connectivity index (χ3n) is 2.68. The van der Waals surface area contributed by atoms with Gasteiger partial charge in [-0.3, -0.25) is 4.68 Å². The molecule has 0 fully saturated rings. The molecule has 0 saturated heterocycles. The summed E-state index contributed by atoms with van der Waals surface area (Å²) in [6, 6.07) is 2.82. The van der Waals surface area contributed by atoms with Gasteiger partial charge in [0, 0.05) is 37.1 Å². The predicted molar refractivity (Wildman–Crippen MR) is 72.2 cm³/mol. The molecule has 1 aromatic heterocycles. The first-order valence-corrected chi connectivity index (χ1v) is 6.36. The summed E-state index contributed by atoms with van der Waals surface area (Å²) in [5.41, 5.74) is 0.184. The topological polar surface area (TPSA) is 41.9 Å². The molecule has 1 aromatic rings. The highest BCUT2D eigenvalue weighted by molar-refractivity contribution is 4.82. The average molecular weight is 238 g/mol. The lowest BCUT2D eigenvalue weighted by atomic mass is 10.1. The molecule has 0 radical (unpaired) electrons. The van der Waals surface area contributed by atoms with Crippen LogP contribution in [0.4, 0.5) is 0 Å². The maximum absolute atomic E-state index is 4.24. The Morgan fingerprint density at radius 1 is 1.24 bits per heavy atom. The molecule has 98 valence electrons. The summed E-state index contributed by atoms with van der Waals surface area (Å²) in [5, 5.41) is 11.3. The summed E-state index contributed by atoms with van der Waals surface area (Å²) in [6.07, 6.45) is 3.82. The van der Waals surface area contributed by atoms with Crippen molar-refractivity contribution in [2.75, 3.05) is 13.1 Å². The fourth-order valence-electron chi connectivity index (χ4n) is 1.54. The van der Waals surface area contributed by atoms with E-state index in [1.165, 1.54) is 0 Å². The summed E-state index contributed by atoms with van der Waals surface area (Å²) in [5.74, 6) is 0. The lowest BCUT2D eigenvalue weighted by molar-refractivity contribution is 0.368. The number of rotatable bonds is 6. The first-order valence-electron chi connectivity index (χ1n) is 6.36. The molecule has 2 unspecified atom stereocenters. The van der Waals surface area contributed by atoms with Crippen LogP contribution in [0, 0.1) is 0 Å². The highest BCUT2D eigenvalue weighted by Crippen LogP contribution is 2.02. The molecule has 0 saturated carbocycles. The Morgan fingerprint density at radius 3 is 2.47 bits per heavy atom. The van der Waals surface area contributed by atoms with Crippen molar-refractivity contribution < 1.29 is 0 Å². The smallest absolute Gasteiger partial charge is 0.0615 e. The van der Waals surface area contributed by atoms with E-state index < -0.39 is 0 Å². The summed E-state index contributed by atoms with van der Waals surface area (Å²) in [4.78, 5) is 0. The largest absolute Gasteiger partial charge is 0.311 e. The maximum atomic E-state index is 4.24. The molecule has 2 N–H and O–H groups in total. The van der Waals surface area contributed by atoms with E-state index in [0.717, 1.165) is 13.1 Å². The fourth-order valence-corrected chi connectivity index (χ4v) is 1.54. The Labute approximate surface area is 105 Å². The van der Waals surface area contributed by atoms with Gasteiger partial charge in [-0.05, 0) is 40.7 Å². The van der Waals surface area contributed by atoms with Crippen LogP contribution < -0.4 is 10.6 Å². The molecule has 0 aliphatic carbocycles. The van der Waals surface area contributed by atoms with Gasteiger partial charge in [-0.1, -0.05) is 0 Å². The van der Waals surface area contributed by atoms with Gasteiger partial charge in [-0.25, -0.2) is 0 Å². The fraction of sp³-hybridized carbons (Fsp3) is 0.769. The lowest BCUT2D eigenvalue weighted by Gasteiger charge is -2.25. The van der Waals surface area contributed by atoms with E-state index in [0.29, 0.717) is 12.1 Å². The molecule has 0 spiro atoms. The second-order valence-corrected chi connectivity index (χ2v) is 5.78. The highest BCUT2D eigenvalue weighted by atomic mass is 15.3. The van der Waals surface area contributed by atoms with Crippen molar-refractivity contribution in [3.05, 3.63) is 18.5 Å². The Hall–Kier alpha value is -0.870. The molecule has 0 amide bonds. The van der Waals surface area contributed by atoms with Gasteiger partial charge in [-0.2, -0.15) is 5.10 Å². The Bertz CT molecular complexity index is 300. The average Bonchev–Trinajstić information content (AvgIpc) is 2.75. The van der Waals surface area contributed by atoms with E-state index >= 15 is 0 Å². The number of hydrogen-bond donors (Lipinski definition) is 2. The van der Waals surface area contributed by atoms with Crippen LogP contribution in [0.1, 0.15) is 40.7 Å². The molecule has 2 atom stereocenters. The van der Waals surface area contributed by atoms with Crippen LogP contribution in [0.3, 0.4) is 0 Å². The molecular weight excluding hydrogens is 212 g/mol. The van der Waals surface area contributed by atoms with E-state index in [1.807, 2.05) is 23.1 Å². The van der Waals surface area contributed by atoms with Gasteiger partial charge >= 0.3 is 0 Å². The molecule has 0 bridgehead atoms. The van der Waals surface area contributed by atoms with Crippen molar-refractivity contribution >= 4 is 0 Å². The van der Waals surface area contributed by atoms with Gasteiger partial charge in [-0.15, -0.1) is 0 Å². The van der Waals surface area contributed by atoms with E-state index in [1.54, 1.807) is 0 Å². The Kier molecular flexibility index (Phi) is 5.15. The zero-order chi connectivity index (χ0) is 12.9. The molecule has 1 rings (SSSR count). The van der Waals surface area contributed by atoms with Crippen molar-refractivity contribution in [1.82, 2.24) is 20.4 Å². The van der Waals surface area contributed by atoms with Crippen LogP contribution in [-0.4, -0.2) is 34.5 Å². The third kappa shape index (κ3) is 5.84. The van der Waals surface area contributed by atoms with Crippen LogP contribution >= 0.6 is 0 Å². The molecule has 1 heterocycles. The number of aromatic nitrogens is 2. The van der Waals surface area contributed by atoms with Gasteiger partial charge in [0.05, 0.1) is 6.04 Å². The molecule has 0 aliphatic heterocycles. The van der Waals surface area contributed by atoms with E-state index in [2.05, 4.69) is 50.4 Å². The number of hydrogen-bond acceptors (Lipinski definition) is 3. The molecule has 0 aromatic carbocycles. The van der Waals surface area contributed by atoms with E-state index in [-0.39, 0.29) is 5.54 Å². The summed E-state index contributed by atoms with van der Waals surface area (Å²) >= 11 is 0. The molecule has 0 aliphatic rings. The zero-order valence-corrected chi connectivity index (χ0v) is 11.7. The van der Waals surface area contributed by atoms with Gasteiger partial charge in [0.25, 0.3) is 0 Å². The van der Waals surface area contributed by atoms with E-state index in [9.17, 15) is 0 Å². The van der Waals surface area contributed by atoms with E-state index in [4.69, 9.17) is 0 Å². The van der Waals surface area contributed by atoms with Crippen LogP contribution in [-0.2, 0) is 0 Å². The maximum Gasteiger partial charge on any atom is 0.0615 e. The minimum absolute atomic E-state index is 0.184.